The van der Waals surface area contributed by atoms with Crippen molar-refractivity contribution in [3.63, 3.8) is 0 Å². The van der Waals surface area contributed by atoms with Crippen LogP contribution < -0.4 is 5.73 Å². The third kappa shape index (κ3) is 5.82. The van der Waals surface area contributed by atoms with Gasteiger partial charge >= 0.3 is 0 Å². The Kier molecular flexibility index (Phi) is 5.23. The zero-order valence-electron chi connectivity index (χ0n) is 7.37. The minimum atomic E-state index is -0.442. The van der Waals surface area contributed by atoms with E-state index in [0.29, 0.717) is 0 Å². The number of hydrogen-bond acceptors (Lipinski definition) is 4. The number of ketones is 1. The molecule has 0 saturated carbocycles. The second-order valence-electron chi connectivity index (χ2n) is 2.61. The third-order valence-corrected chi connectivity index (χ3v) is 1.18. The number of nitrogens with two attached hydrogens (primary N) is 1. The smallest absolute Gasteiger partial charge is 0.231 e. The lowest BCUT2D eigenvalue weighted by Gasteiger charge is -2.12. The normalized spacial score (nSPS) is 10.2. The van der Waals surface area contributed by atoms with Crippen LogP contribution in [0.4, 0.5) is 0 Å². The van der Waals surface area contributed by atoms with Crippen LogP contribution in [0.5, 0.6) is 0 Å². The lowest BCUT2D eigenvalue weighted by atomic mass is 10.4. The fraction of sp³-hybridized carbons (Fsp3) is 0.714. The van der Waals surface area contributed by atoms with Crippen LogP contribution in [0.3, 0.4) is 0 Å². The van der Waals surface area contributed by atoms with Crippen molar-refractivity contribution < 1.29 is 14.3 Å². The molecule has 0 saturated heterocycles. The number of nitrogens with zero attached hydrogens (tertiary/aromatic N) is 1. The molecule has 0 radical (unpaired) electrons. The van der Waals surface area contributed by atoms with Crippen molar-refractivity contribution in [1.82, 2.24) is 4.90 Å². The molecule has 0 aromatic rings. The molecule has 1 amide bonds. The Morgan fingerprint density at radius 2 is 2.00 bits per heavy atom. The van der Waals surface area contributed by atoms with Gasteiger partial charge in [-0.3, -0.25) is 14.5 Å². The summed E-state index contributed by atoms with van der Waals surface area (Å²) in [5.74, 6) is -0.510. The molecule has 0 atom stereocenters. The molecule has 0 aliphatic rings. The molecular formula is C7H14N2O3. The molecule has 0 bridgehead atoms. The molecular weight excluding hydrogens is 160 g/mol. The molecule has 12 heavy (non-hydrogen) atoms. The number of hydrogen-bond donors (Lipinski definition) is 1. The highest BCUT2D eigenvalue weighted by Gasteiger charge is 2.07. The van der Waals surface area contributed by atoms with Crippen LogP contribution in [-0.2, 0) is 14.3 Å². The highest BCUT2D eigenvalue weighted by Crippen LogP contribution is 1.83. The van der Waals surface area contributed by atoms with E-state index in [-0.39, 0.29) is 25.5 Å². The van der Waals surface area contributed by atoms with Gasteiger partial charge in [0.1, 0.15) is 6.61 Å². The number of Topliss-reactive ketones (excluding diaryl/α,β-unsaturated/α-hetero) is 1. The quantitative estimate of drug-likeness (QED) is 0.538. The molecule has 0 aromatic heterocycles. The van der Waals surface area contributed by atoms with Crippen LogP contribution in [0.15, 0.2) is 0 Å². The van der Waals surface area contributed by atoms with Crippen LogP contribution in [0, 0.1) is 0 Å². The number of methoxy groups -OCH3 is 1. The Morgan fingerprint density at radius 3 is 2.42 bits per heavy atom. The number of rotatable bonds is 6. The monoisotopic (exact) mass is 174 g/mol. The molecule has 0 fully saturated rings. The summed E-state index contributed by atoms with van der Waals surface area (Å²) in [7, 11) is 3.10. The highest BCUT2D eigenvalue weighted by atomic mass is 16.5. The lowest BCUT2D eigenvalue weighted by Crippen LogP contribution is -2.35. The van der Waals surface area contributed by atoms with E-state index < -0.39 is 5.91 Å². The summed E-state index contributed by atoms with van der Waals surface area (Å²) in [6.45, 7) is 0.356. The van der Waals surface area contributed by atoms with Gasteiger partial charge in [-0.25, -0.2) is 0 Å². The van der Waals surface area contributed by atoms with E-state index in [4.69, 9.17) is 5.73 Å². The van der Waals surface area contributed by atoms with E-state index >= 15 is 0 Å². The van der Waals surface area contributed by atoms with Gasteiger partial charge in [-0.05, 0) is 7.05 Å². The summed E-state index contributed by atoms with van der Waals surface area (Å²) in [4.78, 5) is 22.8. The van der Waals surface area contributed by atoms with Crippen LogP contribution >= 0.6 is 0 Å². The maximum Gasteiger partial charge on any atom is 0.231 e. The number of likely N-dealkylation sites (N-methyl/N-ethyl adjacent to an activating group) is 1. The topological polar surface area (TPSA) is 72.6 Å². The zero-order valence-corrected chi connectivity index (χ0v) is 7.37. The maximum atomic E-state index is 10.9. The van der Waals surface area contributed by atoms with Crippen molar-refractivity contribution >= 4 is 11.7 Å². The molecule has 0 heterocycles. The molecule has 5 heteroatoms. The van der Waals surface area contributed by atoms with Crippen molar-refractivity contribution in [1.29, 1.82) is 0 Å². The summed E-state index contributed by atoms with van der Waals surface area (Å²) in [6.07, 6.45) is 0. The summed E-state index contributed by atoms with van der Waals surface area (Å²) >= 11 is 0. The number of carbonyl (C=O) groups excluding carboxylic acids is 2. The average Bonchev–Trinajstić information content (AvgIpc) is 1.84. The van der Waals surface area contributed by atoms with E-state index in [9.17, 15) is 9.59 Å². The van der Waals surface area contributed by atoms with Crippen LogP contribution in [0.2, 0.25) is 0 Å². The number of carbonyl (C=O) groups is 2. The molecule has 0 aliphatic heterocycles. The molecule has 0 spiro atoms. The molecule has 0 unspecified atom stereocenters. The van der Waals surface area contributed by atoms with E-state index in [2.05, 4.69) is 4.74 Å². The fourth-order valence-electron chi connectivity index (χ4n) is 0.830. The SMILES string of the molecule is COCC(=O)CN(C)CC(N)=O. The Morgan fingerprint density at radius 1 is 1.42 bits per heavy atom. The van der Waals surface area contributed by atoms with Gasteiger partial charge in [0.2, 0.25) is 5.91 Å². The summed E-state index contributed by atoms with van der Waals surface area (Å²) < 4.78 is 4.62. The molecule has 5 nitrogen and oxygen atoms in total. The van der Waals surface area contributed by atoms with Crippen molar-refractivity contribution in [3.05, 3.63) is 0 Å². The van der Waals surface area contributed by atoms with Gasteiger partial charge in [0, 0.05) is 7.11 Å². The Balaban J connectivity index is 3.61. The minimum Gasteiger partial charge on any atom is -0.377 e. The molecule has 0 aromatic carbocycles. The van der Waals surface area contributed by atoms with Crippen molar-refractivity contribution in [2.45, 2.75) is 0 Å². The van der Waals surface area contributed by atoms with Gasteiger partial charge in [-0.2, -0.15) is 0 Å². The second-order valence-corrected chi connectivity index (χ2v) is 2.61. The minimum absolute atomic E-state index is 0.0683. The summed E-state index contributed by atoms with van der Waals surface area (Å²) in [6, 6.07) is 0. The first-order valence-corrected chi connectivity index (χ1v) is 3.53. The standard InChI is InChI=1S/C7H14N2O3/c1-9(4-7(8)11)3-6(10)5-12-2/h3-5H2,1-2H3,(H2,8,11). The number of primary amides is 1. The summed E-state index contributed by atoms with van der Waals surface area (Å²) in [5.41, 5.74) is 4.92. The predicted octanol–water partition coefficient (Wildman–Crippen LogP) is -1.38. The van der Waals surface area contributed by atoms with E-state index in [1.807, 2.05) is 0 Å². The third-order valence-electron chi connectivity index (χ3n) is 1.18. The first kappa shape index (κ1) is 11.1. The Hall–Kier alpha value is -0.940. The molecule has 0 rings (SSSR count). The lowest BCUT2D eigenvalue weighted by molar-refractivity contribution is -0.124. The van der Waals surface area contributed by atoms with Crippen LogP contribution in [-0.4, -0.2) is 50.4 Å². The number of amides is 1. The van der Waals surface area contributed by atoms with Gasteiger partial charge in [0.15, 0.2) is 5.78 Å². The first-order valence-electron chi connectivity index (χ1n) is 3.53. The number of ether oxygens (including phenoxy) is 1. The average molecular weight is 174 g/mol. The Labute approximate surface area is 71.5 Å². The predicted molar refractivity (Wildman–Crippen MR) is 43.6 cm³/mol. The van der Waals surface area contributed by atoms with Crippen molar-refractivity contribution in [3.8, 4) is 0 Å². The van der Waals surface area contributed by atoms with E-state index in [1.54, 1.807) is 11.9 Å². The summed E-state index contributed by atoms with van der Waals surface area (Å²) in [5, 5.41) is 0. The highest BCUT2D eigenvalue weighted by molar-refractivity contribution is 5.82. The van der Waals surface area contributed by atoms with Crippen LogP contribution in [0.25, 0.3) is 0 Å². The van der Waals surface area contributed by atoms with Gasteiger partial charge in [0.25, 0.3) is 0 Å². The maximum absolute atomic E-state index is 10.9. The molecule has 70 valence electrons. The Bertz CT molecular complexity index is 170. The first-order chi connectivity index (χ1) is 5.56. The molecule has 2 N–H and O–H groups in total. The van der Waals surface area contributed by atoms with E-state index in [1.165, 1.54) is 7.11 Å². The largest absolute Gasteiger partial charge is 0.377 e. The van der Waals surface area contributed by atoms with Crippen LogP contribution in [0.1, 0.15) is 0 Å². The zero-order chi connectivity index (χ0) is 9.56. The second kappa shape index (κ2) is 5.68. The van der Waals surface area contributed by atoms with Gasteiger partial charge in [0.05, 0.1) is 13.1 Å². The van der Waals surface area contributed by atoms with E-state index in [0.717, 1.165) is 0 Å². The fourth-order valence-corrected chi connectivity index (χ4v) is 0.830. The van der Waals surface area contributed by atoms with Gasteiger partial charge < -0.3 is 10.5 Å². The van der Waals surface area contributed by atoms with Gasteiger partial charge in [-0.1, -0.05) is 0 Å². The van der Waals surface area contributed by atoms with Crippen molar-refractivity contribution in [2.75, 3.05) is 33.9 Å². The van der Waals surface area contributed by atoms with Crippen molar-refractivity contribution in [2.24, 2.45) is 5.73 Å². The van der Waals surface area contributed by atoms with Gasteiger partial charge in [-0.15, -0.1) is 0 Å². The molecule has 0 aliphatic carbocycles.